The third-order valence-corrected chi connectivity index (χ3v) is 5.30. The smallest absolute Gasteiger partial charge is 0.266 e. The van der Waals surface area contributed by atoms with E-state index in [0.717, 1.165) is 36.3 Å². The number of rotatable bonds is 4. The number of nitrogens with zero attached hydrogens (tertiary/aromatic N) is 6. The maximum absolute atomic E-state index is 12.3. The molecule has 0 amide bonds. The molecular weight excluding hydrogens is 328 g/mol. The van der Waals surface area contributed by atoms with Crippen molar-refractivity contribution in [2.45, 2.75) is 44.2 Å². The van der Waals surface area contributed by atoms with E-state index in [2.05, 4.69) is 25.0 Å². The lowest BCUT2D eigenvalue weighted by molar-refractivity contribution is 0.481. The summed E-state index contributed by atoms with van der Waals surface area (Å²) in [6.07, 6.45) is 7.77. The summed E-state index contributed by atoms with van der Waals surface area (Å²) in [5.41, 5.74) is 1.72. The summed E-state index contributed by atoms with van der Waals surface area (Å²) >= 11 is 0. The number of hydrogen-bond acceptors (Lipinski definition) is 6. The lowest BCUT2D eigenvalue weighted by Gasteiger charge is -2.26. The van der Waals surface area contributed by atoms with Crippen LogP contribution < -0.4 is 10.5 Å². The van der Waals surface area contributed by atoms with Gasteiger partial charge in [-0.05, 0) is 43.9 Å². The zero-order valence-corrected chi connectivity index (χ0v) is 14.5. The highest BCUT2D eigenvalue weighted by Gasteiger charge is 2.29. The molecule has 0 spiro atoms. The first-order valence-corrected chi connectivity index (χ1v) is 9.20. The molecule has 4 heterocycles. The number of anilines is 1. The van der Waals surface area contributed by atoms with Crippen LogP contribution in [0.2, 0.25) is 0 Å². The van der Waals surface area contributed by atoms with Gasteiger partial charge >= 0.3 is 0 Å². The second kappa shape index (κ2) is 6.16. The molecule has 0 bridgehead atoms. The van der Waals surface area contributed by atoms with Crippen LogP contribution in [0, 0.1) is 0 Å². The third kappa shape index (κ3) is 2.73. The standard InChI is InChI=1S/C19H20N6O/c26-17-8-7-16(13-5-6-13)23-25(17)11-14-3-2-10-24(14)19-15-4-1-9-20-18(15)21-12-22-19/h1,4,7-9,12-14H,2-3,5-6,10-11H2. The Morgan fingerprint density at radius 2 is 2.00 bits per heavy atom. The molecule has 2 aliphatic rings. The van der Waals surface area contributed by atoms with Crippen LogP contribution in [0.4, 0.5) is 5.82 Å². The highest BCUT2D eigenvalue weighted by atomic mass is 16.1. The van der Waals surface area contributed by atoms with Crippen molar-refractivity contribution in [1.82, 2.24) is 24.7 Å². The molecule has 7 heteroatoms. The zero-order chi connectivity index (χ0) is 17.5. The van der Waals surface area contributed by atoms with E-state index in [0.29, 0.717) is 18.1 Å². The van der Waals surface area contributed by atoms with E-state index in [-0.39, 0.29) is 11.6 Å². The van der Waals surface area contributed by atoms with Crippen molar-refractivity contribution in [1.29, 1.82) is 0 Å². The number of hydrogen-bond donors (Lipinski definition) is 0. The van der Waals surface area contributed by atoms with Crippen molar-refractivity contribution in [3.8, 4) is 0 Å². The average Bonchev–Trinajstić information content (AvgIpc) is 3.42. The molecule has 1 aliphatic carbocycles. The van der Waals surface area contributed by atoms with Crippen LogP contribution in [0.1, 0.15) is 37.3 Å². The Morgan fingerprint density at radius 3 is 2.88 bits per heavy atom. The summed E-state index contributed by atoms with van der Waals surface area (Å²) in [5.74, 6) is 1.44. The van der Waals surface area contributed by atoms with Gasteiger partial charge in [0.15, 0.2) is 5.65 Å². The van der Waals surface area contributed by atoms with Crippen molar-refractivity contribution < 1.29 is 0 Å². The van der Waals surface area contributed by atoms with Crippen molar-refractivity contribution in [3.63, 3.8) is 0 Å². The molecule has 1 unspecified atom stereocenters. The molecule has 1 aliphatic heterocycles. The minimum Gasteiger partial charge on any atom is -0.351 e. The lowest BCUT2D eigenvalue weighted by Crippen LogP contribution is -2.37. The van der Waals surface area contributed by atoms with Gasteiger partial charge in [0, 0.05) is 24.7 Å². The maximum Gasteiger partial charge on any atom is 0.266 e. The van der Waals surface area contributed by atoms with Crippen molar-refractivity contribution in [2.75, 3.05) is 11.4 Å². The second-order valence-electron chi connectivity index (χ2n) is 7.11. The van der Waals surface area contributed by atoms with E-state index in [4.69, 9.17) is 0 Å². The van der Waals surface area contributed by atoms with Gasteiger partial charge < -0.3 is 4.90 Å². The van der Waals surface area contributed by atoms with Crippen molar-refractivity contribution in [2.24, 2.45) is 0 Å². The van der Waals surface area contributed by atoms with Crippen molar-refractivity contribution in [3.05, 3.63) is 52.8 Å². The quantitative estimate of drug-likeness (QED) is 0.719. The Kier molecular flexibility index (Phi) is 3.65. The van der Waals surface area contributed by atoms with Gasteiger partial charge in [0.1, 0.15) is 12.1 Å². The predicted octanol–water partition coefficient (Wildman–Crippen LogP) is 2.13. The molecule has 132 valence electrons. The summed E-state index contributed by atoms with van der Waals surface area (Å²) in [5, 5.41) is 5.57. The third-order valence-electron chi connectivity index (χ3n) is 5.30. The molecule has 1 atom stereocenters. The summed E-state index contributed by atoms with van der Waals surface area (Å²) in [7, 11) is 0. The minimum absolute atomic E-state index is 0.0320. The first-order valence-electron chi connectivity index (χ1n) is 9.20. The number of fused-ring (bicyclic) bond motifs is 1. The van der Waals surface area contributed by atoms with Crippen LogP contribution in [-0.4, -0.2) is 37.3 Å². The normalized spacial score (nSPS) is 20.0. The van der Waals surface area contributed by atoms with Crippen molar-refractivity contribution >= 4 is 16.9 Å². The van der Waals surface area contributed by atoms with Crippen LogP contribution in [0.3, 0.4) is 0 Å². The Hall–Kier alpha value is -2.83. The van der Waals surface area contributed by atoms with Gasteiger partial charge in [-0.2, -0.15) is 5.10 Å². The van der Waals surface area contributed by atoms with Gasteiger partial charge in [0.2, 0.25) is 0 Å². The van der Waals surface area contributed by atoms with Gasteiger partial charge in [0.25, 0.3) is 5.56 Å². The maximum atomic E-state index is 12.3. The van der Waals surface area contributed by atoms with E-state index >= 15 is 0 Å². The molecular formula is C19H20N6O. The lowest BCUT2D eigenvalue weighted by atomic mass is 10.2. The summed E-state index contributed by atoms with van der Waals surface area (Å²) < 4.78 is 1.64. The van der Waals surface area contributed by atoms with E-state index in [1.165, 1.54) is 12.8 Å². The SMILES string of the molecule is O=c1ccc(C2CC2)nn1CC1CCCN1c1ncnc2ncccc12. The number of pyridine rings is 1. The Bertz CT molecular complexity index is 1010. The second-order valence-corrected chi connectivity index (χ2v) is 7.11. The fourth-order valence-electron chi connectivity index (χ4n) is 3.81. The first kappa shape index (κ1) is 15.4. The molecule has 1 saturated carbocycles. The fourth-order valence-corrected chi connectivity index (χ4v) is 3.81. The summed E-state index contributed by atoms with van der Waals surface area (Å²) in [4.78, 5) is 27.7. The summed E-state index contributed by atoms with van der Waals surface area (Å²) in [6, 6.07) is 7.65. The molecule has 3 aromatic heterocycles. The molecule has 7 nitrogen and oxygen atoms in total. The van der Waals surface area contributed by atoms with Gasteiger partial charge in [-0.25, -0.2) is 19.6 Å². The first-order chi connectivity index (χ1) is 12.8. The Balaban J connectivity index is 1.48. The zero-order valence-electron chi connectivity index (χ0n) is 14.5. The molecule has 2 fully saturated rings. The van der Waals surface area contributed by atoms with Gasteiger partial charge in [-0.1, -0.05) is 0 Å². The highest BCUT2D eigenvalue weighted by molar-refractivity contribution is 5.86. The predicted molar refractivity (Wildman–Crippen MR) is 98.2 cm³/mol. The minimum atomic E-state index is -0.0320. The average molecular weight is 348 g/mol. The molecule has 0 aromatic carbocycles. The van der Waals surface area contributed by atoms with Crippen LogP contribution >= 0.6 is 0 Å². The largest absolute Gasteiger partial charge is 0.351 e. The number of aromatic nitrogens is 5. The van der Waals surface area contributed by atoms with E-state index in [1.807, 2.05) is 18.2 Å². The Labute approximate surface area is 150 Å². The van der Waals surface area contributed by atoms with Gasteiger partial charge in [-0.15, -0.1) is 0 Å². The highest BCUT2D eigenvalue weighted by Crippen LogP contribution is 2.38. The monoisotopic (exact) mass is 348 g/mol. The molecule has 26 heavy (non-hydrogen) atoms. The molecule has 0 radical (unpaired) electrons. The topological polar surface area (TPSA) is 76.8 Å². The van der Waals surface area contributed by atoms with Crippen LogP contribution in [0.25, 0.3) is 11.0 Å². The fraction of sp³-hybridized carbons (Fsp3) is 0.421. The van der Waals surface area contributed by atoms with Crippen LogP contribution in [0.15, 0.2) is 41.6 Å². The van der Waals surface area contributed by atoms with E-state index < -0.39 is 0 Å². The van der Waals surface area contributed by atoms with Crippen LogP contribution in [0.5, 0.6) is 0 Å². The molecule has 1 saturated heterocycles. The summed E-state index contributed by atoms with van der Waals surface area (Å²) in [6.45, 7) is 1.51. The van der Waals surface area contributed by atoms with E-state index in [9.17, 15) is 4.79 Å². The van der Waals surface area contributed by atoms with Crippen LogP contribution in [-0.2, 0) is 6.54 Å². The van der Waals surface area contributed by atoms with Gasteiger partial charge in [0.05, 0.1) is 23.7 Å². The Morgan fingerprint density at radius 1 is 1.08 bits per heavy atom. The molecule has 0 N–H and O–H groups in total. The van der Waals surface area contributed by atoms with E-state index in [1.54, 1.807) is 23.3 Å². The van der Waals surface area contributed by atoms with Gasteiger partial charge in [-0.3, -0.25) is 4.79 Å². The molecule has 5 rings (SSSR count). The molecule has 3 aromatic rings.